The number of nitrogens with two attached hydrogens (primary N) is 1. The topological polar surface area (TPSA) is 77.1 Å². The Morgan fingerprint density at radius 1 is 1.29 bits per heavy atom. The minimum Gasteiger partial charge on any atom is -0.352 e. The predicted molar refractivity (Wildman–Crippen MR) is 83.0 cm³/mol. The molecule has 0 atom stereocenters. The third kappa shape index (κ3) is 4.17. The molecular formula is C16H25N3O2. The SMILES string of the molecule is Cc1ccc(CN)c(=O)n1CC(=O)NC1CCCCCC1. The first-order valence-corrected chi connectivity index (χ1v) is 7.80. The number of hydrogen-bond acceptors (Lipinski definition) is 3. The summed E-state index contributed by atoms with van der Waals surface area (Å²) < 4.78 is 1.51. The summed E-state index contributed by atoms with van der Waals surface area (Å²) in [5, 5.41) is 3.07. The van der Waals surface area contributed by atoms with E-state index in [4.69, 9.17) is 5.73 Å². The Hall–Kier alpha value is -1.62. The number of amides is 1. The van der Waals surface area contributed by atoms with Gasteiger partial charge in [-0.2, -0.15) is 0 Å². The smallest absolute Gasteiger partial charge is 0.255 e. The summed E-state index contributed by atoms with van der Waals surface area (Å²) in [6, 6.07) is 3.83. The average Bonchev–Trinajstić information content (AvgIpc) is 2.72. The third-order valence-corrected chi connectivity index (χ3v) is 4.21. The number of carbonyl (C=O) groups excluding carboxylic acids is 1. The van der Waals surface area contributed by atoms with Crippen molar-refractivity contribution in [1.29, 1.82) is 0 Å². The molecule has 3 N–H and O–H groups in total. The van der Waals surface area contributed by atoms with E-state index in [1.54, 1.807) is 6.07 Å². The Kier molecular flexibility index (Phi) is 5.56. The fourth-order valence-electron chi connectivity index (χ4n) is 2.91. The van der Waals surface area contributed by atoms with Gasteiger partial charge in [-0.1, -0.05) is 31.7 Å². The number of hydrogen-bond donors (Lipinski definition) is 2. The van der Waals surface area contributed by atoms with Crippen LogP contribution in [0.2, 0.25) is 0 Å². The molecule has 1 amide bonds. The van der Waals surface area contributed by atoms with Gasteiger partial charge in [-0.05, 0) is 25.8 Å². The van der Waals surface area contributed by atoms with Crippen molar-refractivity contribution >= 4 is 5.91 Å². The van der Waals surface area contributed by atoms with Crippen LogP contribution in [-0.2, 0) is 17.9 Å². The van der Waals surface area contributed by atoms with E-state index in [1.807, 2.05) is 13.0 Å². The molecule has 0 saturated heterocycles. The fraction of sp³-hybridized carbons (Fsp3) is 0.625. The minimum atomic E-state index is -0.159. The standard InChI is InChI=1S/C16H25N3O2/c1-12-8-9-13(10-17)16(21)19(12)11-15(20)18-14-6-4-2-3-5-7-14/h8-9,14H,2-7,10-11,17H2,1H3,(H,18,20). The Balaban J connectivity index is 2.04. The molecule has 0 spiro atoms. The molecule has 5 heteroatoms. The van der Waals surface area contributed by atoms with Crippen LogP contribution in [0.1, 0.15) is 49.8 Å². The zero-order valence-electron chi connectivity index (χ0n) is 12.7. The summed E-state index contributed by atoms with van der Waals surface area (Å²) in [5.41, 5.74) is 6.72. The van der Waals surface area contributed by atoms with Crippen LogP contribution in [0.4, 0.5) is 0 Å². The lowest BCUT2D eigenvalue weighted by Crippen LogP contribution is -2.39. The molecular weight excluding hydrogens is 266 g/mol. The van der Waals surface area contributed by atoms with Crippen LogP contribution in [-0.4, -0.2) is 16.5 Å². The molecule has 1 saturated carbocycles. The Morgan fingerprint density at radius 3 is 2.57 bits per heavy atom. The summed E-state index contributed by atoms with van der Waals surface area (Å²) in [7, 11) is 0. The second-order valence-electron chi connectivity index (χ2n) is 5.85. The molecule has 0 aromatic carbocycles. The van der Waals surface area contributed by atoms with E-state index in [0.29, 0.717) is 5.56 Å². The molecule has 0 unspecified atom stereocenters. The van der Waals surface area contributed by atoms with Gasteiger partial charge in [0.1, 0.15) is 6.54 Å². The van der Waals surface area contributed by atoms with Crippen LogP contribution in [0.3, 0.4) is 0 Å². The van der Waals surface area contributed by atoms with E-state index in [9.17, 15) is 9.59 Å². The van der Waals surface area contributed by atoms with Crippen molar-refractivity contribution in [2.45, 2.75) is 64.6 Å². The third-order valence-electron chi connectivity index (χ3n) is 4.21. The van der Waals surface area contributed by atoms with Crippen molar-refractivity contribution in [1.82, 2.24) is 9.88 Å². The second-order valence-corrected chi connectivity index (χ2v) is 5.85. The average molecular weight is 291 g/mol. The number of aromatic nitrogens is 1. The van der Waals surface area contributed by atoms with Crippen molar-refractivity contribution in [2.24, 2.45) is 5.73 Å². The molecule has 1 aliphatic rings. The van der Waals surface area contributed by atoms with Crippen LogP contribution in [0.25, 0.3) is 0 Å². The van der Waals surface area contributed by atoms with E-state index < -0.39 is 0 Å². The van der Waals surface area contributed by atoms with Crippen molar-refractivity contribution in [3.8, 4) is 0 Å². The highest BCUT2D eigenvalue weighted by Crippen LogP contribution is 2.17. The summed E-state index contributed by atoms with van der Waals surface area (Å²) in [6.45, 7) is 2.11. The van der Waals surface area contributed by atoms with Gasteiger partial charge in [-0.25, -0.2) is 0 Å². The predicted octanol–water partition coefficient (Wildman–Crippen LogP) is 1.45. The molecule has 0 aliphatic heterocycles. The van der Waals surface area contributed by atoms with Crippen LogP contribution in [0.5, 0.6) is 0 Å². The molecule has 1 aliphatic carbocycles. The van der Waals surface area contributed by atoms with Crippen molar-refractivity contribution in [2.75, 3.05) is 0 Å². The lowest BCUT2D eigenvalue weighted by Gasteiger charge is -2.17. The number of pyridine rings is 1. The van der Waals surface area contributed by atoms with Crippen LogP contribution in [0.15, 0.2) is 16.9 Å². The van der Waals surface area contributed by atoms with E-state index in [1.165, 1.54) is 30.3 Å². The molecule has 1 fully saturated rings. The van der Waals surface area contributed by atoms with Gasteiger partial charge in [-0.3, -0.25) is 9.59 Å². The molecule has 21 heavy (non-hydrogen) atoms. The maximum absolute atomic E-state index is 12.2. The highest BCUT2D eigenvalue weighted by molar-refractivity contribution is 5.76. The summed E-state index contributed by atoms with van der Waals surface area (Å²) >= 11 is 0. The van der Waals surface area contributed by atoms with Gasteiger partial charge in [0.2, 0.25) is 5.91 Å². The molecule has 2 rings (SSSR count). The number of rotatable bonds is 4. The maximum Gasteiger partial charge on any atom is 0.255 e. The van der Waals surface area contributed by atoms with Crippen molar-refractivity contribution in [3.05, 3.63) is 33.7 Å². The normalized spacial score (nSPS) is 16.5. The summed E-state index contributed by atoms with van der Waals surface area (Å²) in [4.78, 5) is 24.4. The lowest BCUT2D eigenvalue weighted by molar-refractivity contribution is -0.122. The van der Waals surface area contributed by atoms with E-state index in [-0.39, 0.29) is 30.6 Å². The first-order chi connectivity index (χ1) is 10.1. The molecule has 1 aromatic heterocycles. The van der Waals surface area contributed by atoms with Gasteiger partial charge >= 0.3 is 0 Å². The second kappa shape index (κ2) is 7.41. The Bertz CT molecular complexity index is 543. The summed E-state index contributed by atoms with van der Waals surface area (Å²) in [5.74, 6) is -0.0822. The van der Waals surface area contributed by atoms with Gasteiger partial charge in [-0.15, -0.1) is 0 Å². The zero-order valence-corrected chi connectivity index (χ0v) is 12.7. The van der Waals surface area contributed by atoms with Crippen molar-refractivity contribution in [3.63, 3.8) is 0 Å². The van der Waals surface area contributed by atoms with Crippen LogP contribution < -0.4 is 16.6 Å². The maximum atomic E-state index is 12.2. The number of carbonyl (C=O) groups is 1. The fourth-order valence-corrected chi connectivity index (χ4v) is 2.91. The molecule has 1 aromatic rings. The van der Waals surface area contributed by atoms with Crippen LogP contribution in [0, 0.1) is 6.92 Å². The van der Waals surface area contributed by atoms with Gasteiger partial charge in [0, 0.05) is 23.8 Å². The molecule has 0 radical (unpaired) electrons. The van der Waals surface area contributed by atoms with Gasteiger partial charge in [0.15, 0.2) is 0 Å². The Morgan fingerprint density at radius 2 is 1.95 bits per heavy atom. The monoisotopic (exact) mass is 291 g/mol. The molecule has 1 heterocycles. The van der Waals surface area contributed by atoms with Gasteiger partial charge in [0.25, 0.3) is 5.56 Å². The molecule has 116 valence electrons. The van der Waals surface area contributed by atoms with Crippen LogP contribution >= 0.6 is 0 Å². The minimum absolute atomic E-state index is 0.0784. The highest BCUT2D eigenvalue weighted by atomic mass is 16.2. The number of nitrogens with one attached hydrogen (secondary N) is 1. The van der Waals surface area contributed by atoms with E-state index in [0.717, 1.165) is 18.5 Å². The highest BCUT2D eigenvalue weighted by Gasteiger charge is 2.16. The van der Waals surface area contributed by atoms with E-state index >= 15 is 0 Å². The Labute approximate surface area is 125 Å². The largest absolute Gasteiger partial charge is 0.352 e. The van der Waals surface area contributed by atoms with Gasteiger partial charge < -0.3 is 15.6 Å². The lowest BCUT2D eigenvalue weighted by atomic mass is 10.1. The zero-order chi connectivity index (χ0) is 15.2. The first kappa shape index (κ1) is 15.8. The first-order valence-electron chi connectivity index (χ1n) is 7.80. The number of nitrogens with zero attached hydrogens (tertiary/aromatic N) is 1. The quantitative estimate of drug-likeness (QED) is 0.824. The van der Waals surface area contributed by atoms with E-state index in [2.05, 4.69) is 5.32 Å². The molecule has 5 nitrogen and oxygen atoms in total. The number of aryl methyl sites for hydroxylation is 1. The molecule has 0 bridgehead atoms. The van der Waals surface area contributed by atoms with Gasteiger partial charge in [0.05, 0.1) is 0 Å². The van der Waals surface area contributed by atoms with Crippen molar-refractivity contribution < 1.29 is 4.79 Å². The summed E-state index contributed by atoms with van der Waals surface area (Å²) in [6.07, 6.45) is 6.94.